The van der Waals surface area contributed by atoms with Crippen molar-refractivity contribution >= 4 is 12.6 Å². The lowest BCUT2D eigenvalue weighted by molar-refractivity contribution is 1.16. The zero-order valence-corrected chi connectivity index (χ0v) is 4.33. The van der Waals surface area contributed by atoms with Crippen molar-refractivity contribution in [2.24, 2.45) is 5.73 Å². The first-order chi connectivity index (χ1) is 2.77. The quantitative estimate of drug-likeness (QED) is 0.391. The zero-order chi connectivity index (χ0) is 4.99. The fourth-order valence-electron chi connectivity index (χ4n) is 0.118. The molecule has 0 aliphatic rings. The predicted molar refractivity (Wildman–Crippen MR) is 30.2 cm³/mol. The highest BCUT2D eigenvalue weighted by Crippen LogP contribution is 2.00. The number of thiol groups is 1. The van der Waals surface area contributed by atoms with E-state index in [0.29, 0.717) is 6.42 Å². The normalized spacial score (nSPS) is 8.33. The van der Waals surface area contributed by atoms with Crippen LogP contribution in [-0.4, -0.2) is 0 Å². The van der Waals surface area contributed by atoms with E-state index >= 15 is 0 Å². The van der Waals surface area contributed by atoms with E-state index in [2.05, 4.69) is 25.8 Å². The summed E-state index contributed by atoms with van der Waals surface area (Å²) >= 11 is 3.84. The van der Waals surface area contributed by atoms with Crippen molar-refractivity contribution < 1.29 is 0 Å². The van der Waals surface area contributed by atoms with Crippen molar-refractivity contribution in [1.82, 2.24) is 0 Å². The molecule has 0 aliphatic carbocycles. The minimum Gasteiger partial charge on any atom is -0.322 e. The lowest BCUT2D eigenvalue weighted by Gasteiger charge is -1.85. The van der Waals surface area contributed by atoms with Gasteiger partial charge in [0.15, 0.2) is 0 Å². The first-order valence-electron chi connectivity index (χ1n) is 1.57. The van der Waals surface area contributed by atoms with Gasteiger partial charge in [0.1, 0.15) is 0 Å². The van der Waals surface area contributed by atoms with E-state index in [1.165, 1.54) is 0 Å². The fraction of sp³-hybridized carbons (Fsp3) is 0.250. The van der Waals surface area contributed by atoms with Crippen LogP contribution in [0.1, 0.15) is 6.42 Å². The van der Waals surface area contributed by atoms with Gasteiger partial charge in [0.25, 0.3) is 0 Å². The standard InChI is InChI=1S/C4H7NS/c1-4(6)2-3-5/h6H,1-2,5H2. The van der Waals surface area contributed by atoms with Crippen LogP contribution in [0.3, 0.4) is 0 Å². The smallest absolute Gasteiger partial charge is 0.0609 e. The second-order valence-electron chi connectivity index (χ2n) is 0.947. The van der Waals surface area contributed by atoms with Gasteiger partial charge >= 0.3 is 0 Å². The first-order valence-corrected chi connectivity index (χ1v) is 2.02. The Hall–Kier alpha value is 0.0500. The van der Waals surface area contributed by atoms with Gasteiger partial charge in [-0.05, 0) is 11.3 Å². The molecule has 0 saturated carbocycles. The summed E-state index contributed by atoms with van der Waals surface area (Å²) in [5.41, 5.74) is 4.87. The largest absolute Gasteiger partial charge is 0.322 e. The average molecular weight is 101 g/mol. The third kappa shape index (κ3) is 4.05. The van der Waals surface area contributed by atoms with Crippen molar-refractivity contribution in [3.8, 4) is 0 Å². The van der Waals surface area contributed by atoms with Crippen LogP contribution in [0.15, 0.2) is 11.5 Å². The van der Waals surface area contributed by atoms with Gasteiger partial charge in [0.2, 0.25) is 0 Å². The van der Waals surface area contributed by atoms with Crippen LogP contribution in [0.5, 0.6) is 0 Å². The molecule has 0 aromatic carbocycles. The van der Waals surface area contributed by atoms with Gasteiger partial charge in [-0.3, -0.25) is 0 Å². The molecule has 0 fully saturated rings. The lowest BCUT2D eigenvalue weighted by Crippen LogP contribution is -1.87. The van der Waals surface area contributed by atoms with Crippen LogP contribution in [-0.2, 0) is 0 Å². The van der Waals surface area contributed by atoms with Crippen LogP contribution in [0.4, 0.5) is 0 Å². The number of rotatable bonds is 2. The van der Waals surface area contributed by atoms with E-state index in [9.17, 15) is 0 Å². The summed E-state index contributed by atoms with van der Waals surface area (Å²) in [7, 11) is 0. The van der Waals surface area contributed by atoms with Crippen LogP contribution in [0.25, 0.3) is 0 Å². The Morgan fingerprint density at radius 3 is 2.50 bits per heavy atom. The summed E-state index contributed by atoms with van der Waals surface area (Å²) in [4.78, 5) is 0.748. The summed E-state index contributed by atoms with van der Waals surface area (Å²) in [5.74, 6) is 0. The molecule has 0 spiro atoms. The summed E-state index contributed by atoms with van der Waals surface area (Å²) in [6, 6.07) is 0. The molecule has 0 bridgehead atoms. The minimum atomic E-state index is 0.573. The Labute approximate surface area is 43.6 Å². The number of nitrogens with two attached hydrogens (primary N) is 1. The predicted octanol–water partition coefficient (Wildman–Crippen LogP) is 0.817. The molecule has 0 unspecified atom stereocenters. The Bertz CT molecular complexity index is 51.5. The van der Waals surface area contributed by atoms with Gasteiger partial charge in [0, 0.05) is 0 Å². The molecule has 2 radical (unpaired) electrons. The van der Waals surface area contributed by atoms with Gasteiger partial charge in [-0.1, -0.05) is 6.58 Å². The third-order valence-corrected chi connectivity index (χ3v) is 0.464. The van der Waals surface area contributed by atoms with E-state index in [1.807, 2.05) is 0 Å². The van der Waals surface area contributed by atoms with Gasteiger partial charge in [0.05, 0.1) is 6.54 Å². The topological polar surface area (TPSA) is 26.0 Å². The first kappa shape index (κ1) is 6.05. The van der Waals surface area contributed by atoms with Crippen molar-refractivity contribution in [3.63, 3.8) is 0 Å². The highest BCUT2D eigenvalue weighted by atomic mass is 32.1. The molecule has 0 heterocycles. The molecule has 0 atom stereocenters. The van der Waals surface area contributed by atoms with Crippen molar-refractivity contribution in [3.05, 3.63) is 18.0 Å². The van der Waals surface area contributed by atoms with E-state index in [-0.39, 0.29) is 0 Å². The maximum atomic E-state index is 4.87. The van der Waals surface area contributed by atoms with Crippen molar-refractivity contribution in [2.75, 3.05) is 0 Å². The second kappa shape index (κ2) is 3.25. The molecule has 1 nitrogen and oxygen atoms in total. The Balaban J connectivity index is 2.83. The molecule has 2 N–H and O–H groups in total. The highest BCUT2D eigenvalue weighted by Gasteiger charge is 1.78. The molecule has 2 heteroatoms. The van der Waals surface area contributed by atoms with E-state index < -0.39 is 0 Å². The number of hydrogen-bond acceptors (Lipinski definition) is 2. The third-order valence-electron chi connectivity index (χ3n) is 0.306. The van der Waals surface area contributed by atoms with Crippen molar-refractivity contribution in [2.45, 2.75) is 6.42 Å². The summed E-state index contributed by atoms with van der Waals surface area (Å²) < 4.78 is 0. The second-order valence-corrected chi connectivity index (χ2v) is 1.58. The fourth-order valence-corrected chi connectivity index (χ4v) is 0.209. The molecule has 0 aromatic heterocycles. The molecule has 34 valence electrons. The molecule has 0 saturated heterocycles. The summed E-state index contributed by atoms with van der Waals surface area (Å²) in [5, 5.41) is 0. The van der Waals surface area contributed by atoms with Gasteiger partial charge < -0.3 is 5.73 Å². The average Bonchev–Trinajstić information content (AvgIpc) is 1.35. The molecule has 6 heavy (non-hydrogen) atoms. The number of hydrogen-bond donors (Lipinski definition) is 2. The summed E-state index contributed by atoms with van der Waals surface area (Å²) in [6.45, 7) is 5.86. The maximum Gasteiger partial charge on any atom is 0.0609 e. The zero-order valence-electron chi connectivity index (χ0n) is 3.44. The van der Waals surface area contributed by atoms with E-state index in [0.717, 1.165) is 4.91 Å². The van der Waals surface area contributed by atoms with Crippen molar-refractivity contribution in [1.29, 1.82) is 0 Å². The molecular weight excluding hydrogens is 94.1 g/mol. The summed E-state index contributed by atoms with van der Waals surface area (Å²) in [6.07, 6.45) is 0.573. The minimum absolute atomic E-state index is 0.573. The van der Waals surface area contributed by atoms with Gasteiger partial charge in [-0.15, -0.1) is 12.6 Å². The van der Waals surface area contributed by atoms with Crippen LogP contribution < -0.4 is 5.73 Å². The molecule has 0 aromatic rings. The van der Waals surface area contributed by atoms with Gasteiger partial charge in [-0.25, -0.2) is 0 Å². The molecule has 0 aliphatic heterocycles. The van der Waals surface area contributed by atoms with Gasteiger partial charge in [-0.2, -0.15) is 0 Å². The molecule has 0 amide bonds. The lowest BCUT2D eigenvalue weighted by atomic mass is 10.4. The Morgan fingerprint density at radius 1 is 2.00 bits per heavy atom. The van der Waals surface area contributed by atoms with Crippen LogP contribution in [0.2, 0.25) is 0 Å². The Kier molecular flexibility index (Phi) is 3.28. The van der Waals surface area contributed by atoms with Crippen LogP contribution in [0, 0.1) is 6.54 Å². The monoisotopic (exact) mass is 101 g/mol. The maximum absolute atomic E-state index is 4.87. The molecular formula is C4H7NS. The van der Waals surface area contributed by atoms with Crippen LogP contribution >= 0.6 is 12.6 Å². The molecule has 0 rings (SSSR count). The Morgan fingerprint density at radius 2 is 2.50 bits per heavy atom. The highest BCUT2D eigenvalue weighted by molar-refractivity contribution is 7.84. The van der Waals surface area contributed by atoms with E-state index in [4.69, 9.17) is 5.73 Å². The SMILES string of the molecule is C=C(S)C[C]N. The van der Waals surface area contributed by atoms with E-state index in [1.54, 1.807) is 0 Å².